The van der Waals surface area contributed by atoms with Crippen LogP contribution in [0.4, 0.5) is 0 Å². The lowest BCUT2D eigenvalue weighted by molar-refractivity contribution is 0.267. The molecule has 0 spiro atoms. The molecule has 2 nitrogen and oxygen atoms in total. The predicted octanol–water partition coefficient (Wildman–Crippen LogP) is 0.437. The summed E-state index contributed by atoms with van der Waals surface area (Å²) in [4.78, 5) is 0. The highest BCUT2D eigenvalue weighted by molar-refractivity contribution is 6.17. The molecule has 0 bridgehead atoms. The molecule has 0 aliphatic heterocycles. The minimum absolute atomic E-state index is 0.202. The van der Waals surface area contributed by atoms with Gasteiger partial charge in [-0.15, -0.1) is 5.70 Å². The van der Waals surface area contributed by atoms with Crippen molar-refractivity contribution in [3.63, 3.8) is 0 Å². The third-order valence-electron chi connectivity index (χ3n) is 2.16. The highest BCUT2D eigenvalue weighted by atomic mass is 28.1. The second-order valence-corrected chi connectivity index (χ2v) is 4.54. The van der Waals surface area contributed by atoms with Crippen LogP contribution in [0.3, 0.4) is 0 Å². The highest BCUT2D eigenvalue weighted by Crippen LogP contribution is 2.20. The van der Waals surface area contributed by atoms with E-state index in [4.69, 9.17) is 0 Å². The fourth-order valence-corrected chi connectivity index (χ4v) is 2.39. The van der Waals surface area contributed by atoms with E-state index >= 15 is 0 Å². The predicted molar refractivity (Wildman–Crippen MR) is 64.0 cm³/mol. The summed E-state index contributed by atoms with van der Waals surface area (Å²) >= 11 is 0. The van der Waals surface area contributed by atoms with Crippen molar-refractivity contribution in [1.29, 1.82) is 0 Å². The first kappa shape index (κ1) is 12.9. The standard InChI is InChI=1S/C10H24N2Si/c1-5-11-9(12-6-2)10(3,4)7-8-13/h7-9,11-12H,5-6H2,1-4,13H3. The SMILES string of the molecule is CCNC(NCC)C(C)(C)C=C[SiH3]. The average Bonchev–Trinajstić information content (AvgIpc) is 2.04. The number of hydrogen-bond donors (Lipinski definition) is 2. The van der Waals surface area contributed by atoms with Crippen LogP contribution in [0.5, 0.6) is 0 Å². The zero-order chi connectivity index (χ0) is 10.3. The second kappa shape index (κ2) is 6.35. The van der Waals surface area contributed by atoms with Crippen LogP contribution in [0.15, 0.2) is 11.8 Å². The summed E-state index contributed by atoms with van der Waals surface area (Å²) in [6.07, 6.45) is 2.68. The van der Waals surface area contributed by atoms with Crippen molar-refractivity contribution in [3.05, 3.63) is 11.8 Å². The largest absolute Gasteiger partial charge is 0.301 e. The Bertz CT molecular complexity index is 149. The quantitative estimate of drug-likeness (QED) is 0.480. The van der Waals surface area contributed by atoms with Crippen LogP contribution >= 0.6 is 0 Å². The molecule has 0 fully saturated rings. The Morgan fingerprint density at radius 1 is 1.23 bits per heavy atom. The zero-order valence-electron chi connectivity index (χ0n) is 9.65. The smallest absolute Gasteiger partial charge is 0.0659 e. The lowest BCUT2D eigenvalue weighted by Gasteiger charge is -2.33. The molecule has 78 valence electrons. The van der Waals surface area contributed by atoms with Crippen LogP contribution in [-0.2, 0) is 0 Å². The van der Waals surface area contributed by atoms with Crippen LogP contribution < -0.4 is 10.6 Å². The van der Waals surface area contributed by atoms with Crippen LogP contribution in [0.25, 0.3) is 0 Å². The van der Waals surface area contributed by atoms with Gasteiger partial charge < -0.3 is 10.6 Å². The molecule has 0 aliphatic carbocycles. The summed E-state index contributed by atoms with van der Waals surface area (Å²) in [7, 11) is 1.14. The van der Waals surface area contributed by atoms with Crippen LogP contribution in [0.1, 0.15) is 27.7 Å². The molecule has 0 aromatic heterocycles. The maximum Gasteiger partial charge on any atom is 0.0659 e. The van der Waals surface area contributed by atoms with E-state index in [2.05, 4.69) is 50.1 Å². The minimum atomic E-state index is 0.202. The zero-order valence-corrected chi connectivity index (χ0v) is 11.6. The summed E-state index contributed by atoms with van der Waals surface area (Å²) in [5, 5.41) is 6.92. The number of nitrogens with one attached hydrogen (secondary N) is 2. The molecule has 2 N–H and O–H groups in total. The Labute approximate surface area is 85.6 Å². The van der Waals surface area contributed by atoms with Crippen molar-refractivity contribution in [2.75, 3.05) is 13.1 Å². The monoisotopic (exact) mass is 200 g/mol. The molecule has 0 atom stereocenters. The van der Waals surface area contributed by atoms with E-state index in [1.54, 1.807) is 0 Å². The van der Waals surface area contributed by atoms with E-state index in [9.17, 15) is 0 Å². The molecular weight excluding hydrogens is 176 g/mol. The summed E-state index contributed by atoms with van der Waals surface area (Å²) in [5.74, 6) is 0. The molecule has 0 aromatic carbocycles. The van der Waals surface area contributed by atoms with Crippen molar-refractivity contribution < 1.29 is 0 Å². The molecular formula is C10H24N2Si. The van der Waals surface area contributed by atoms with Gasteiger partial charge in [-0.2, -0.15) is 0 Å². The van der Waals surface area contributed by atoms with E-state index < -0.39 is 0 Å². The summed E-state index contributed by atoms with van der Waals surface area (Å²) in [5.41, 5.74) is 2.45. The first-order chi connectivity index (χ1) is 6.08. The van der Waals surface area contributed by atoms with Gasteiger partial charge in [-0.25, -0.2) is 0 Å². The van der Waals surface area contributed by atoms with Gasteiger partial charge in [-0.05, 0) is 13.1 Å². The number of hydrogen-bond acceptors (Lipinski definition) is 2. The van der Waals surface area contributed by atoms with E-state index in [1.807, 2.05) is 0 Å². The molecule has 0 saturated carbocycles. The highest BCUT2D eigenvalue weighted by Gasteiger charge is 2.24. The third-order valence-corrected chi connectivity index (χ3v) is 2.49. The van der Waals surface area contributed by atoms with Gasteiger partial charge in [-0.3, -0.25) is 0 Å². The van der Waals surface area contributed by atoms with E-state index in [-0.39, 0.29) is 5.41 Å². The lowest BCUT2D eigenvalue weighted by atomic mass is 9.89. The molecule has 0 aliphatic rings. The summed E-state index contributed by atoms with van der Waals surface area (Å²) in [6, 6.07) is 0. The topological polar surface area (TPSA) is 24.1 Å². The van der Waals surface area contributed by atoms with E-state index in [1.165, 1.54) is 0 Å². The van der Waals surface area contributed by atoms with Crippen molar-refractivity contribution in [3.8, 4) is 0 Å². The average molecular weight is 200 g/mol. The van der Waals surface area contributed by atoms with Gasteiger partial charge in [0.2, 0.25) is 0 Å². The molecule has 0 amide bonds. The Hall–Kier alpha value is -0.123. The van der Waals surface area contributed by atoms with Gasteiger partial charge in [-0.1, -0.05) is 33.8 Å². The summed E-state index contributed by atoms with van der Waals surface area (Å²) in [6.45, 7) is 10.8. The van der Waals surface area contributed by atoms with Gasteiger partial charge in [0.05, 0.1) is 6.17 Å². The van der Waals surface area contributed by atoms with Gasteiger partial charge in [0.25, 0.3) is 0 Å². The van der Waals surface area contributed by atoms with Crippen molar-refractivity contribution in [1.82, 2.24) is 10.6 Å². The first-order valence-electron chi connectivity index (χ1n) is 5.19. The Balaban J connectivity index is 4.31. The van der Waals surface area contributed by atoms with Crippen molar-refractivity contribution >= 4 is 10.2 Å². The van der Waals surface area contributed by atoms with Crippen molar-refractivity contribution in [2.24, 2.45) is 5.41 Å². The Morgan fingerprint density at radius 3 is 2.00 bits per heavy atom. The van der Waals surface area contributed by atoms with Crippen LogP contribution in [-0.4, -0.2) is 29.5 Å². The van der Waals surface area contributed by atoms with Gasteiger partial charge in [0, 0.05) is 15.7 Å². The third kappa shape index (κ3) is 4.60. The molecule has 3 heteroatoms. The molecule has 0 rings (SSSR count). The molecule has 0 aromatic rings. The van der Waals surface area contributed by atoms with Gasteiger partial charge in [0.15, 0.2) is 0 Å². The molecule has 0 heterocycles. The van der Waals surface area contributed by atoms with Crippen LogP contribution in [0.2, 0.25) is 0 Å². The molecule has 0 saturated heterocycles. The number of rotatable bonds is 6. The Kier molecular flexibility index (Phi) is 6.29. The fraction of sp³-hybridized carbons (Fsp3) is 0.800. The fourth-order valence-electron chi connectivity index (χ4n) is 1.53. The maximum absolute atomic E-state index is 3.46. The minimum Gasteiger partial charge on any atom is -0.301 e. The first-order valence-corrected chi connectivity index (χ1v) is 6.34. The molecule has 0 unspecified atom stereocenters. The van der Waals surface area contributed by atoms with Crippen molar-refractivity contribution in [2.45, 2.75) is 33.9 Å². The molecule has 13 heavy (non-hydrogen) atoms. The molecule has 0 radical (unpaired) electrons. The summed E-state index contributed by atoms with van der Waals surface area (Å²) < 4.78 is 0. The maximum atomic E-state index is 3.46. The van der Waals surface area contributed by atoms with E-state index in [0.717, 1.165) is 23.3 Å². The second-order valence-electron chi connectivity index (χ2n) is 3.87. The van der Waals surface area contributed by atoms with E-state index in [0.29, 0.717) is 6.17 Å². The lowest BCUT2D eigenvalue weighted by Crippen LogP contribution is -2.51. The van der Waals surface area contributed by atoms with Crippen LogP contribution in [0, 0.1) is 5.41 Å². The van der Waals surface area contributed by atoms with Gasteiger partial charge >= 0.3 is 0 Å². The Morgan fingerprint density at radius 2 is 1.69 bits per heavy atom. The normalized spacial score (nSPS) is 13.3. The van der Waals surface area contributed by atoms with Gasteiger partial charge in [0.1, 0.15) is 0 Å².